The van der Waals surface area contributed by atoms with Crippen molar-refractivity contribution in [2.45, 2.75) is 19.3 Å². The molecule has 4 heteroatoms. The van der Waals surface area contributed by atoms with Crippen LogP contribution >= 0.6 is 0 Å². The van der Waals surface area contributed by atoms with E-state index < -0.39 is 0 Å². The number of pyridine rings is 1. The summed E-state index contributed by atoms with van der Waals surface area (Å²) in [6, 6.07) is 6.26. The van der Waals surface area contributed by atoms with Gasteiger partial charge in [0, 0.05) is 30.1 Å². The van der Waals surface area contributed by atoms with Crippen LogP contribution in [0.5, 0.6) is 0 Å². The Kier molecular flexibility index (Phi) is 2.36. The van der Waals surface area contributed by atoms with Crippen LogP contribution in [-0.2, 0) is 0 Å². The molecular formula is C15H19N3O. The zero-order valence-electron chi connectivity index (χ0n) is 11.0. The number of anilines is 1. The molecule has 1 aliphatic carbocycles. The smallest absolute Gasteiger partial charge is 0.139 e. The lowest BCUT2D eigenvalue weighted by atomic mass is 9.82. The van der Waals surface area contributed by atoms with Gasteiger partial charge in [-0.25, -0.2) is 4.98 Å². The fraction of sp³-hybridized carbons (Fsp3) is 0.533. The largest absolute Gasteiger partial charge is 0.396 e. The highest BCUT2D eigenvalue weighted by molar-refractivity contribution is 5.77. The lowest BCUT2D eigenvalue weighted by Gasteiger charge is -2.26. The molecule has 1 saturated heterocycles. The second-order valence-electron chi connectivity index (χ2n) is 6.08. The minimum Gasteiger partial charge on any atom is -0.396 e. The van der Waals surface area contributed by atoms with Crippen molar-refractivity contribution in [1.82, 2.24) is 9.97 Å². The zero-order chi connectivity index (χ0) is 12.9. The van der Waals surface area contributed by atoms with Gasteiger partial charge in [-0.05, 0) is 37.0 Å². The number of hydrogen-bond acceptors (Lipinski definition) is 3. The van der Waals surface area contributed by atoms with Crippen LogP contribution in [0, 0.1) is 11.3 Å². The van der Waals surface area contributed by atoms with Gasteiger partial charge in [0.1, 0.15) is 11.5 Å². The summed E-state index contributed by atoms with van der Waals surface area (Å²) in [5.74, 6) is 1.68. The fourth-order valence-corrected chi connectivity index (χ4v) is 3.94. The third kappa shape index (κ3) is 1.59. The normalized spacial score (nSPS) is 30.2. The first-order chi connectivity index (χ1) is 9.31. The van der Waals surface area contributed by atoms with Crippen molar-refractivity contribution in [2.75, 3.05) is 24.6 Å². The van der Waals surface area contributed by atoms with E-state index in [-0.39, 0.29) is 5.41 Å². The number of aromatic nitrogens is 2. The van der Waals surface area contributed by atoms with Gasteiger partial charge in [-0.15, -0.1) is 0 Å². The molecule has 2 aliphatic rings. The fourth-order valence-electron chi connectivity index (χ4n) is 3.94. The molecule has 2 aromatic heterocycles. The monoisotopic (exact) mass is 257 g/mol. The highest BCUT2D eigenvalue weighted by Gasteiger charge is 2.49. The topological polar surface area (TPSA) is 52.1 Å². The molecule has 3 heterocycles. The van der Waals surface area contributed by atoms with Crippen molar-refractivity contribution in [3.8, 4) is 0 Å². The van der Waals surface area contributed by atoms with E-state index in [1.54, 1.807) is 0 Å². The van der Waals surface area contributed by atoms with Crippen molar-refractivity contribution < 1.29 is 5.11 Å². The van der Waals surface area contributed by atoms with E-state index in [2.05, 4.69) is 22.0 Å². The number of aliphatic hydroxyl groups is 1. The molecule has 2 N–H and O–H groups in total. The van der Waals surface area contributed by atoms with E-state index in [4.69, 9.17) is 4.98 Å². The molecule has 0 bridgehead atoms. The first kappa shape index (κ1) is 11.3. The van der Waals surface area contributed by atoms with Crippen LogP contribution in [0.1, 0.15) is 19.3 Å². The average Bonchev–Trinajstić information content (AvgIpc) is 3.10. The van der Waals surface area contributed by atoms with Gasteiger partial charge in [-0.2, -0.15) is 0 Å². The molecule has 2 aromatic rings. The number of H-pyrrole nitrogens is 1. The third-order valence-corrected chi connectivity index (χ3v) is 5.07. The van der Waals surface area contributed by atoms with Crippen molar-refractivity contribution in [1.29, 1.82) is 0 Å². The molecule has 100 valence electrons. The Bertz CT molecular complexity index is 608. The highest BCUT2D eigenvalue weighted by Crippen LogP contribution is 2.49. The molecule has 0 amide bonds. The van der Waals surface area contributed by atoms with E-state index in [9.17, 15) is 5.11 Å². The first-order valence-electron chi connectivity index (χ1n) is 7.11. The third-order valence-electron chi connectivity index (χ3n) is 5.07. The van der Waals surface area contributed by atoms with Crippen LogP contribution in [0.3, 0.4) is 0 Å². The molecule has 4 nitrogen and oxygen atoms in total. The van der Waals surface area contributed by atoms with Gasteiger partial charge in [-0.3, -0.25) is 0 Å². The van der Waals surface area contributed by atoms with E-state index in [0.717, 1.165) is 36.4 Å². The number of hydrogen-bond donors (Lipinski definition) is 2. The van der Waals surface area contributed by atoms with Crippen molar-refractivity contribution in [3.63, 3.8) is 0 Å². The molecule has 1 aliphatic heterocycles. The van der Waals surface area contributed by atoms with Crippen LogP contribution in [0.15, 0.2) is 24.4 Å². The van der Waals surface area contributed by atoms with E-state index in [0.29, 0.717) is 12.5 Å². The molecule has 0 aromatic carbocycles. The van der Waals surface area contributed by atoms with Gasteiger partial charge in [0.15, 0.2) is 0 Å². The standard InChI is InChI=1S/C15H19N3O/c19-10-15-6-1-2-12(15)8-18(9-15)13-4-3-11-5-7-16-14(11)17-13/h3-5,7,12,19H,1-2,6,8-10H2,(H,16,17)/t12-,15+/m1/s1. The average molecular weight is 257 g/mol. The number of rotatable bonds is 2. The van der Waals surface area contributed by atoms with Gasteiger partial charge in [0.25, 0.3) is 0 Å². The molecule has 19 heavy (non-hydrogen) atoms. The number of aliphatic hydroxyl groups excluding tert-OH is 1. The Morgan fingerprint density at radius 3 is 3.21 bits per heavy atom. The maximum atomic E-state index is 9.78. The molecule has 4 rings (SSSR count). The Balaban J connectivity index is 1.66. The van der Waals surface area contributed by atoms with Gasteiger partial charge in [0.05, 0.1) is 6.61 Å². The van der Waals surface area contributed by atoms with Crippen LogP contribution in [0.25, 0.3) is 11.0 Å². The number of aromatic amines is 1. The van der Waals surface area contributed by atoms with Crippen molar-refractivity contribution >= 4 is 16.9 Å². The molecule has 1 saturated carbocycles. The zero-order valence-corrected chi connectivity index (χ0v) is 11.0. The minimum atomic E-state index is 0.131. The quantitative estimate of drug-likeness (QED) is 0.867. The Morgan fingerprint density at radius 1 is 1.42 bits per heavy atom. The lowest BCUT2D eigenvalue weighted by Crippen LogP contribution is -2.31. The van der Waals surface area contributed by atoms with Crippen LogP contribution in [-0.4, -0.2) is 34.8 Å². The summed E-state index contributed by atoms with van der Waals surface area (Å²) in [5.41, 5.74) is 1.08. The number of nitrogens with zero attached hydrogens (tertiary/aromatic N) is 2. The lowest BCUT2D eigenvalue weighted by molar-refractivity contribution is 0.121. The van der Waals surface area contributed by atoms with Gasteiger partial charge in [-0.1, -0.05) is 6.42 Å². The van der Waals surface area contributed by atoms with Gasteiger partial charge < -0.3 is 15.0 Å². The first-order valence-corrected chi connectivity index (χ1v) is 7.11. The number of fused-ring (bicyclic) bond motifs is 2. The summed E-state index contributed by atoms with van der Waals surface area (Å²) in [6.07, 6.45) is 5.61. The maximum Gasteiger partial charge on any atom is 0.139 e. The van der Waals surface area contributed by atoms with E-state index >= 15 is 0 Å². The van der Waals surface area contributed by atoms with Crippen molar-refractivity contribution in [3.05, 3.63) is 24.4 Å². The summed E-state index contributed by atoms with van der Waals surface area (Å²) in [4.78, 5) is 10.2. The summed E-state index contributed by atoms with van der Waals surface area (Å²) in [7, 11) is 0. The number of nitrogens with one attached hydrogen (secondary N) is 1. The van der Waals surface area contributed by atoms with Crippen LogP contribution < -0.4 is 4.90 Å². The maximum absolute atomic E-state index is 9.78. The predicted molar refractivity (Wildman–Crippen MR) is 75.2 cm³/mol. The Labute approximate surface area is 112 Å². The Hall–Kier alpha value is -1.55. The van der Waals surface area contributed by atoms with Gasteiger partial charge in [0.2, 0.25) is 0 Å². The van der Waals surface area contributed by atoms with Gasteiger partial charge >= 0.3 is 0 Å². The predicted octanol–water partition coefficient (Wildman–Crippen LogP) is 2.16. The summed E-state index contributed by atoms with van der Waals surface area (Å²) >= 11 is 0. The summed E-state index contributed by atoms with van der Waals surface area (Å²) < 4.78 is 0. The van der Waals surface area contributed by atoms with Crippen LogP contribution in [0.4, 0.5) is 5.82 Å². The minimum absolute atomic E-state index is 0.131. The molecule has 0 spiro atoms. The van der Waals surface area contributed by atoms with Crippen molar-refractivity contribution in [2.24, 2.45) is 11.3 Å². The molecular weight excluding hydrogens is 238 g/mol. The van der Waals surface area contributed by atoms with Crippen LogP contribution in [0.2, 0.25) is 0 Å². The van der Waals surface area contributed by atoms with E-state index in [1.165, 1.54) is 12.8 Å². The molecule has 0 radical (unpaired) electrons. The van der Waals surface area contributed by atoms with E-state index in [1.807, 2.05) is 12.3 Å². The summed E-state index contributed by atoms with van der Waals surface area (Å²) in [6.45, 7) is 2.31. The molecule has 2 atom stereocenters. The SMILES string of the molecule is OC[C@@]12CCC[C@@H]1CN(c1ccc3cc[nH]c3n1)C2. The molecule has 0 unspecified atom stereocenters. The highest BCUT2D eigenvalue weighted by atomic mass is 16.3. The second-order valence-corrected chi connectivity index (χ2v) is 6.08. The second kappa shape index (κ2) is 3.97. The Morgan fingerprint density at radius 2 is 2.37 bits per heavy atom. The molecule has 2 fully saturated rings. The summed E-state index contributed by atoms with van der Waals surface area (Å²) in [5, 5.41) is 10.9.